The second-order valence-electron chi connectivity index (χ2n) is 3.62. The molecule has 1 aromatic carbocycles. The Kier molecular flexibility index (Phi) is 3.48. The molecule has 94 valence electrons. The van der Waals surface area contributed by atoms with Crippen molar-refractivity contribution in [2.24, 2.45) is 0 Å². The number of rotatable bonds is 2. The molecule has 0 aliphatic rings. The zero-order chi connectivity index (χ0) is 13.8. The molecule has 1 aromatic heterocycles. The number of carbonyl (C=O) groups is 1. The minimum absolute atomic E-state index is 0.0761. The summed E-state index contributed by atoms with van der Waals surface area (Å²) in [4.78, 5) is 15.5. The summed E-state index contributed by atoms with van der Waals surface area (Å²) in [5.41, 5.74) is 0.101. The Bertz CT molecular complexity index is 680. The van der Waals surface area contributed by atoms with Gasteiger partial charge in [-0.1, -0.05) is 0 Å². The minimum Gasteiger partial charge on any atom is -0.319 e. The van der Waals surface area contributed by atoms with Gasteiger partial charge in [-0.15, -0.1) is 0 Å². The number of halogens is 2. The van der Waals surface area contributed by atoms with Crippen LogP contribution in [-0.2, 0) is 0 Å². The first-order valence-electron chi connectivity index (χ1n) is 5.22. The highest BCUT2D eigenvalue weighted by Crippen LogP contribution is 2.16. The summed E-state index contributed by atoms with van der Waals surface area (Å²) in [6, 6.07) is 7.27. The number of amides is 1. The van der Waals surface area contributed by atoms with E-state index in [1.165, 1.54) is 18.3 Å². The standard InChI is InChI=1S/C13H7F2N3O/c14-9-1-2-12(11(15)6-9)18-13(19)8-3-4-17-10(5-8)7-16/h1-6H,(H,18,19). The molecular formula is C13H7F2N3O. The molecule has 1 N–H and O–H groups in total. The van der Waals surface area contributed by atoms with E-state index in [4.69, 9.17) is 5.26 Å². The molecule has 0 saturated heterocycles. The van der Waals surface area contributed by atoms with Gasteiger partial charge < -0.3 is 5.32 Å². The summed E-state index contributed by atoms with van der Waals surface area (Å²) in [5, 5.41) is 10.9. The monoisotopic (exact) mass is 259 g/mol. The largest absolute Gasteiger partial charge is 0.319 e. The maximum absolute atomic E-state index is 13.4. The van der Waals surface area contributed by atoms with Gasteiger partial charge in [0.2, 0.25) is 0 Å². The number of nitrogens with one attached hydrogen (secondary N) is 1. The van der Waals surface area contributed by atoms with E-state index in [9.17, 15) is 13.6 Å². The summed E-state index contributed by atoms with van der Waals surface area (Å²) in [5.74, 6) is -2.21. The number of nitrogens with zero attached hydrogens (tertiary/aromatic N) is 2. The zero-order valence-corrected chi connectivity index (χ0v) is 9.52. The summed E-state index contributed by atoms with van der Waals surface area (Å²) in [6.45, 7) is 0. The molecule has 0 fully saturated rings. The van der Waals surface area contributed by atoms with Crippen molar-refractivity contribution in [1.82, 2.24) is 4.98 Å². The van der Waals surface area contributed by atoms with E-state index in [2.05, 4.69) is 10.3 Å². The number of anilines is 1. The van der Waals surface area contributed by atoms with Gasteiger partial charge in [-0.25, -0.2) is 13.8 Å². The van der Waals surface area contributed by atoms with Gasteiger partial charge in [-0.05, 0) is 24.3 Å². The highest BCUT2D eigenvalue weighted by atomic mass is 19.1. The number of nitriles is 1. The van der Waals surface area contributed by atoms with Crippen LogP contribution in [0.5, 0.6) is 0 Å². The van der Waals surface area contributed by atoms with Gasteiger partial charge in [0.1, 0.15) is 23.4 Å². The summed E-state index contributed by atoms with van der Waals surface area (Å²) in [7, 11) is 0. The van der Waals surface area contributed by atoms with Gasteiger partial charge in [0.25, 0.3) is 5.91 Å². The lowest BCUT2D eigenvalue weighted by Gasteiger charge is -2.06. The van der Waals surface area contributed by atoms with Crippen molar-refractivity contribution in [2.75, 3.05) is 5.32 Å². The summed E-state index contributed by atoms with van der Waals surface area (Å²) < 4.78 is 26.1. The summed E-state index contributed by atoms with van der Waals surface area (Å²) >= 11 is 0. The number of pyridine rings is 1. The van der Waals surface area contributed by atoms with Crippen LogP contribution in [0, 0.1) is 23.0 Å². The van der Waals surface area contributed by atoms with Crippen molar-refractivity contribution in [2.45, 2.75) is 0 Å². The van der Waals surface area contributed by atoms with Crippen LogP contribution in [-0.4, -0.2) is 10.9 Å². The summed E-state index contributed by atoms with van der Waals surface area (Å²) in [6.07, 6.45) is 1.30. The van der Waals surface area contributed by atoms with Gasteiger partial charge in [-0.2, -0.15) is 5.26 Å². The number of aromatic nitrogens is 1. The average Bonchev–Trinajstić information content (AvgIpc) is 2.42. The van der Waals surface area contributed by atoms with Gasteiger partial charge in [0, 0.05) is 17.8 Å². The van der Waals surface area contributed by atoms with Gasteiger partial charge in [-0.3, -0.25) is 4.79 Å². The van der Waals surface area contributed by atoms with E-state index >= 15 is 0 Å². The molecule has 0 atom stereocenters. The normalized spacial score (nSPS) is 9.74. The second kappa shape index (κ2) is 5.23. The SMILES string of the molecule is N#Cc1cc(C(=O)Nc2ccc(F)cc2F)ccn1. The predicted octanol–water partition coefficient (Wildman–Crippen LogP) is 2.48. The van der Waals surface area contributed by atoms with Crippen molar-refractivity contribution in [3.8, 4) is 6.07 Å². The lowest BCUT2D eigenvalue weighted by atomic mass is 10.2. The highest BCUT2D eigenvalue weighted by molar-refractivity contribution is 6.04. The third-order valence-corrected chi connectivity index (χ3v) is 2.32. The van der Waals surface area contributed by atoms with E-state index in [1.54, 1.807) is 6.07 Å². The lowest BCUT2D eigenvalue weighted by Crippen LogP contribution is -2.13. The Morgan fingerprint density at radius 3 is 2.74 bits per heavy atom. The molecule has 0 aliphatic carbocycles. The van der Waals surface area contributed by atoms with E-state index in [-0.39, 0.29) is 16.9 Å². The van der Waals surface area contributed by atoms with Crippen molar-refractivity contribution in [1.29, 1.82) is 5.26 Å². The molecule has 19 heavy (non-hydrogen) atoms. The zero-order valence-electron chi connectivity index (χ0n) is 9.52. The molecule has 1 amide bonds. The molecule has 2 rings (SSSR count). The Labute approximate surface area is 107 Å². The maximum atomic E-state index is 13.4. The van der Waals surface area contributed by atoms with Crippen LogP contribution >= 0.6 is 0 Å². The molecule has 4 nitrogen and oxygen atoms in total. The van der Waals surface area contributed by atoms with E-state index < -0.39 is 17.5 Å². The van der Waals surface area contributed by atoms with Crippen molar-refractivity contribution >= 4 is 11.6 Å². The van der Waals surface area contributed by atoms with Crippen LogP contribution < -0.4 is 5.32 Å². The first-order valence-corrected chi connectivity index (χ1v) is 5.22. The van der Waals surface area contributed by atoms with Crippen LogP contribution in [0.1, 0.15) is 16.1 Å². The van der Waals surface area contributed by atoms with E-state index in [0.29, 0.717) is 6.07 Å². The molecule has 0 spiro atoms. The van der Waals surface area contributed by atoms with E-state index in [0.717, 1.165) is 12.1 Å². The molecule has 0 saturated carbocycles. The fourth-order valence-electron chi connectivity index (χ4n) is 1.42. The molecule has 0 radical (unpaired) electrons. The molecule has 0 aliphatic heterocycles. The second-order valence-corrected chi connectivity index (χ2v) is 3.62. The van der Waals surface area contributed by atoms with Crippen LogP contribution in [0.2, 0.25) is 0 Å². The Hall–Kier alpha value is -2.81. The minimum atomic E-state index is -0.872. The number of benzene rings is 1. The third-order valence-electron chi connectivity index (χ3n) is 2.32. The van der Waals surface area contributed by atoms with Crippen LogP contribution in [0.4, 0.5) is 14.5 Å². The van der Waals surface area contributed by atoms with Gasteiger partial charge in [0.15, 0.2) is 0 Å². The number of hydrogen-bond donors (Lipinski definition) is 1. The Morgan fingerprint density at radius 2 is 2.05 bits per heavy atom. The molecule has 2 aromatic rings. The fraction of sp³-hybridized carbons (Fsp3) is 0. The molecule has 0 unspecified atom stereocenters. The third kappa shape index (κ3) is 2.90. The van der Waals surface area contributed by atoms with Crippen molar-refractivity contribution in [3.05, 3.63) is 59.4 Å². The van der Waals surface area contributed by atoms with E-state index in [1.807, 2.05) is 0 Å². The van der Waals surface area contributed by atoms with Crippen LogP contribution in [0.15, 0.2) is 36.5 Å². The van der Waals surface area contributed by atoms with Gasteiger partial charge in [0.05, 0.1) is 5.69 Å². The lowest BCUT2D eigenvalue weighted by molar-refractivity contribution is 0.102. The smallest absolute Gasteiger partial charge is 0.255 e. The molecule has 6 heteroatoms. The molecule has 1 heterocycles. The fourth-order valence-corrected chi connectivity index (χ4v) is 1.42. The first kappa shape index (κ1) is 12.6. The van der Waals surface area contributed by atoms with Crippen molar-refractivity contribution < 1.29 is 13.6 Å². The predicted molar refractivity (Wildman–Crippen MR) is 63.3 cm³/mol. The van der Waals surface area contributed by atoms with Gasteiger partial charge >= 0.3 is 0 Å². The molecular weight excluding hydrogens is 252 g/mol. The van der Waals surface area contributed by atoms with Crippen molar-refractivity contribution in [3.63, 3.8) is 0 Å². The average molecular weight is 259 g/mol. The Balaban J connectivity index is 2.23. The number of carbonyl (C=O) groups excluding carboxylic acids is 1. The van der Waals surface area contributed by atoms with Crippen LogP contribution in [0.3, 0.4) is 0 Å². The Morgan fingerprint density at radius 1 is 1.26 bits per heavy atom. The maximum Gasteiger partial charge on any atom is 0.255 e. The topological polar surface area (TPSA) is 65.8 Å². The number of hydrogen-bond acceptors (Lipinski definition) is 3. The highest BCUT2D eigenvalue weighted by Gasteiger charge is 2.10. The van der Waals surface area contributed by atoms with Crippen LogP contribution in [0.25, 0.3) is 0 Å². The quantitative estimate of drug-likeness (QED) is 0.901. The molecule has 0 bridgehead atoms. The first-order chi connectivity index (χ1) is 9.10.